The average molecular weight is 216 g/mol. The third-order valence-corrected chi connectivity index (χ3v) is 1.76. The Kier molecular flexibility index (Phi) is 7.17. The predicted octanol–water partition coefficient (Wildman–Crippen LogP) is -0.726. The van der Waals surface area contributed by atoms with Crippen molar-refractivity contribution in [3.8, 4) is 0 Å². The molecular weight excluding hydrogens is 200 g/mol. The van der Waals surface area contributed by atoms with Crippen molar-refractivity contribution in [2.24, 2.45) is 5.73 Å². The largest absolute Gasteiger partial charge is 0.481 e. The minimum absolute atomic E-state index is 0.265. The highest BCUT2D eigenvalue weighted by Gasteiger charge is 2.14. The Balaban J connectivity index is 3.80. The van der Waals surface area contributed by atoms with Crippen LogP contribution < -0.4 is 11.1 Å². The fraction of sp³-hybridized carbons (Fsp3) is 0.667. The first-order valence-electron chi connectivity index (χ1n) is 4.76. The summed E-state index contributed by atoms with van der Waals surface area (Å²) in [7, 11) is 0. The molecular formula is C9H16N2O4. The third-order valence-electron chi connectivity index (χ3n) is 1.76. The summed E-state index contributed by atoms with van der Waals surface area (Å²) in [6.45, 7) is 0.513. The molecule has 1 unspecified atom stereocenters. The number of aldehydes is 1. The van der Waals surface area contributed by atoms with Crippen molar-refractivity contribution in [3.05, 3.63) is 0 Å². The SMILES string of the molecule is NCCCCC(=O)NC(C=O)CC(=O)O. The number of carbonyl (C=O) groups excluding carboxylic acids is 2. The average Bonchev–Trinajstić information content (AvgIpc) is 2.16. The van der Waals surface area contributed by atoms with Crippen LogP contribution in [0.5, 0.6) is 0 Å². The number of carboxylic acid groups (broad SMARTS) is 1. The van der Waals surface area contributed by atoms with Crippen LogP contribution in [0.4, 0.5) is 0 Å². The second kappa shape index (κ2) is 7.93. The number of hydrogen-bond acceptors (Lipinski definition) is 4. The molecule has 0 aromatic rings. The summed E-state index contributed by atoms with van der Waals surface area (Å²) in [6, 6.07) is -0.937. The van der Waals surface area contributed by atoms with E-state index in [4.69, 9.17) is 10.8 Å². The number of hydrogen-bond donors (Lipinski definition) is 3. The normalized spacial score (nSPS) is 11.8. The number of unbranched alkanes of at least 4 members (excludes halogenated alkanes) is 1. The maximum Gasteiger partial charge on any atom is 0.305 e. The van der Waals surface area contributed by atoms with Crippen LogP contribution in [0.25, 0.3) is 0 Å². The van der Waals surface area contributed by atoms with Gasteiger partial charge in [0.25, 0.3) is 0 Å². The van der Waals surface area contributed by atoms with Gasteiger partial charge in [-0.05, 0) is 19.4 Å². The molecule has 0 heterocycles. The van der Waals surface area contributed by atoms with Crippen molar-refractivity contribution >= 4 is 18.2 Å². The standard InChI is InChI=1S/C9H16N2O4/c10-4-2-1-3-8(13)11-7(6-12)5-9(14)15/h6-7H,1-5,10H2,(H,11,13)(H,14,15). The second-order valence-corrected chi connectivity index (χ2v) is 3.15. The summed E-state index contributed by atoms with van der Waals surface area (Å²) in [4.78, 5) is 31.9. The predicted molar refractivity (Wildman–Crippen MR) is 53.2 cm³/mol. The molecule has 15 heavy (non-hydrogen) atoms. The number of rotatable bonds is 8. The van der Waals surface area contributed by atoms with E-state index in [-0.39, 0.29) is 18.7 Å². The lowest BCUT2D eigenvalue weighted by Gasteiger charge is -2.09. The topological polar surface area (TPSA) is 109 Å². The highest BCUT2D eigenvalue weighted by molar-refractivity contribution is 5.82. The third kappa shape index (κ3) is 7.63. The monoisotopic (exact) mass is 216 g/mol. The molecule has 0 spiro atoms. The number of nitrogens with one attached hydrogen (secondary N) is 1. The quantitative estimate of drug-likeness (QED) is 0.366. The van der Waals surface area contributed by atoms with Crippen LogP contribution in [0.3, 0.4) is 0 Å². The molecule has 0 aromatic heterocycles. The van der Waals surface area contributed by atoms with Crippen molar-refractivity contribution in [2.75, 3.05) is 6.54 Å². The molecule has 1 atom stereocenters. The van der Waals surface area contributed by atoms with Crippen molar-refractivity contribution < 1.29 is 19.5 Å². The molecule has 0 aliphatic heterocycles. The Morgan fingerprint density at radius 3 is 2.53 bits per heavy atom. The first-order chi connectivity index (χ1) is 7.10. The number of carboxylic acids is 1. The summed E-state index contributed by atoms with van der Waals surface area (Å²) in [6.07, 6.45) is 1.68. The highest BCUT2D eigenvalue weighted by Crippen LogP contribution is 1.95. The van der Waals surface area contributed by atoms with E-state index in [1.165, 1.54) is 0 Å². The first-order valence-corrected chi connectivity index (χ1v) is 4.76. The lowest BCUT2D eigenvalue weighted by molar-refractivity contribution is -0.138. The van der Waals surface area contributed by atoms with Gasteiger partial charge in [-0.3, -0.25) is 9.59 Å². The molecule has 6 nitrogen and oxygen atoms in total. The molecule has 0 radical (unpaired) electrons. The molecule has 0 aliphatic rings. The van der Waals surface area contributed by atoms with Gasteiger partial charge < -0.3 is 21.0 Å². The summed E-state index contributed by atoms with van der Waals surface area (Å²) < 4.78 is 0. The first kappa shape index (κ1) is 13.6. The molecule has 0 rings (SSSR count). The second-order valence-electron chi connectivity index (χ2n) is 3.15. The fourth-order valence-corrected chi connectivity index (χ4v) is 1.03. The van der Waals surface area contributed by atoms with Crippen LogP contribution in [0.15, 0.2) is 0 Å². The van der Waals surface area contributed by atoms with E-state index in [1.807, 2.05) is 0 Å². The van der Waals surface area contributed by atoms with E-state index in [0.29, 0.717) is 19.3 Å². The smallest absolute Gasteiger partial charge is 0.305 e. The van der Waals surface area contributed by atoms with Crippen molar-refractivity contribution in [1.29, 1.82) is 0 Å². The summed E-state index contributed by atoms with van der Waals surface area (Å²) in [5.41, 5.74) is 5.24. The molecule has 86 valence electrons. The van der Waals surface area contributed by atoms with E-state index in [0.717, 1.165) is 6.42 Å². The molecule has 0 bridgehead atoms. The van der Waals surface area contributed by atoms with Gasteiger partial charge in [0.1, 0.15) is 6.29 Å². The Labute approximate surface area is 87.8 Å². The van der Waals surface area contributed by atoms with Gasteiger partial charge in [-0.2, -0.15) is 0 Å². The Morgan fingerprint density at radius 1 is 1.40 bits per heavy atom. The van der Waals surface area contributed by atoms with E-state index in [2.05, 4.69) is 5.32 Å². The summed E-state index contributed by atoms with van der Waals surface area (Å²) in [5.74, 6) is -1.43. The molecule has 0 saturated carbocycles. The van der Waals surface area contributed by atoms with E-state index < -0.39 is 12.0 Å². The van der Waals surface area contributed by atoms with E-state index in [9.17, 15) is 14.4 Å². The van der Waals surface area contributed by atoms with Crippen LogP contribution >= 0.6 is 0 Å². The molecule has 0 saturated heterocycles. The number of aliphatic carboxylic acids is 1. The molecule has 6 heteroatoms. The maximum absolute atomic E-state index is 11.2. The van der Waals surface area contributed by atoms with E-state index >= 15 is 0 Å². The van der Waals surface area contributed by atoms with Crippen LogP contribution in [-0.2, 0) is 14.4 Å². The highest BCUT2D eigenvalue weighted by atomic mass is 16.4. The zero-order chi connectivity index (χ0) is 11.7. The van der Waals surface area contributed by atoms with Gasteiger partial charge in [-0.15, -0.1) is 0 Å². The van der Waals surface area contributed by atoms with Crippen LogP contribution in [0.2, 0.25) is 0 Å². The number of amides is 1. The van der Waals surface area contributed by atoms with Crippen molar-refractivity contribution in [3.63, 3.8) is 0 Å². The molecule has 4 N–H and O–H groups in total. The van der Waals surface area contributed by atoms with Gasteiger partial charge in [0.05, 0.1) is 12.5 Å². The Bertz CT molecular complexity index is 230. The fourth-order valence-electron chi connectivity index (χ4n) is 1.03. The molecule has 0 fully saturated rings. The van der Waals surface area contributed by atoms with Crippen LogP contribution in [-0.4, -0.2) is 35.9 Å². The van der Waals surface area contributed by atoms with Gasteiger partial charge in [0, 0.05) is 6.42 Å². The minimum atomic E-state index is -1.12. The Morgan fingerprint density at radius 2 is 2.07 bits per heavy atom. The van der Waals surface area contributed by atoms with Crippen molar-refractivity contribution in [2.45, 2.75) is 31.7 Å². The zero-order valence-corrected chi connectivity index (χ0v) is 8.44. The lowest BCUT2D eigenvalue weighted by Crippen LogP contribution is -2.37. The van der Waals surface area contributed by atoms with Crippen molar-refractivity contribution in [1.82, 2.24) is 5.32 Å². The maximum atomic E-state index is 11.2. The van der Waals surface area contributed by atoms with Gasteiger partial charge in [-0.1, -0.05) is 0 Å². The summed E-state index contributed by atoms with van der Waals surface area (Å²) >= 11 is 0. The molecule has 0 aromatic carbocycles. The number of carbonyl (C=O) groups is 3. The van der Waals surface area contributed by atoms with Gasteiger partial charge in [0.2, 0.25) is 5.91 Å². The van der Waals surface area contributed by atoms with Crippen LogP contribution in [0.1, 0.15) is 25.7 Å². The summed E-state index contributed by atoms with van der Waals surface area (Å²) in [5, 5.41) is 10.7. The molecule has 1 amide bonds. The van der Waals surface area contributed by atoms with Gasteiger partial charge in [0.15, 0.2) is 0 Å². The zero-order valence-electron chi connectivity index (χ0n) is 8.44. The van der Waals surface area contributed by atoms with E-state index in [1.54, 1.807) is 0 Å². The molecule has 0 aliphatic carbocycles. The Hall–Kier alpha value is -1.43. The lowest BCUT2D eigenvalue weighted by atomic mass is 10.2. The van der Waals surface area contributed by atoms with Crippen LogP contribution in [0, 0.1) is 0 Å². The minimum Gasteiger partial charge on any atom is -0.481 e. The van der Waals surface area contributed by atoms with Gasteiger partial charge in [-0.25, -0.2) is 0 Å². The van der Waals surface area contributed by atoms with Gasteiger partial charge >= 0.3 is 5.97 Å². The number of nitrogens with two attached hydrogens (primary N) is 1.